The first kappa shape index (κ1) is 11.8. The minimum atomic E-state index is 0.435. The summed E-state index contributed by atoms with van der Waals surface area (Å²) < 4.78 is 0. The maximum atomic E-state index is 9.72. The summed E-state index contributed by atoms with van der Waals surface area (Å²) in [6.45, 7) is 2.29. The SMILES string of the molecule is CCC1CCC(Sc2ccccc2O)CC1. The zero-order valence-corrected chi connectivity index (χ0v) is 10.7. The monoisotopic (exact) mass is 236 g/mol. The Labute approximate surface area is 102 Å². The lowest BCUT2D eigenvalue weighted by Gasteiger charge is -2.27. The molecule has 1 fully saturated rings. The van der Waals surface area contributed by atoms with Crippen LogP contribution >= 0.6 is 11.8 Å². The molecule has 2 rings (SSSR count). The maximum Gasteiger partial charge on any atom is 0.129 e. The van der Waals surface area contributed by atoms with Crippen LogP contribution in [0.3, 0.4) is 0 Å². The Morgan fingerprint density at radius 3 is 2.50 bits per heavy atom. The minimum Gasteiger partial charge on any atom is -0.507 e. The molecule has 0 heterocycles. The molecule has 0 spiro atoms. The summed E-state index contributed by atoms with van der Waals surface area (Å²) in [6.07, 6.45) is 6.66. The second-order valence-electron chi connectivity index (χ2n) is 4.64. The highest BCUT2D eigenvalue weighted by atomic mass is 32.2. The van der Waals surface area contributed by atoms with Crippen LogP contribution in [-0.4, -0.2) is 10.4 Å². The fraction of sp³-hybridized carbons (Fsp3) is 0.571. The standard InChI is InChI=1S/C14H20OS/c1-2-11-7-9-12(10-8-11)16-14-6-4-3-5-13(14)15/h3-6,11-12,15H,2,7-10H2,1H3. The van der Waals surface area contributed by atoms with Gasteiger partial charge in [0.1, 0.15) is 5.75 Å². The van der Waals surface area contributed by atoms with E-state index in [1.807, 2.05) is 30.0 Å². The molecule has 1 aromatic carbocycles. The topological polar surface area (TPSA) is 20.2 Å². The Morgan fingerprint density at radius 1 is 1.19 bits per heavy atom. The van der Waals surface area contributed by atoms with Crippen LogP contribution in [0.1, 0.15) is 39.0 Å². The third-order valence-corrected chi connectivity index (χ3v) is 4.93. The Hall–Kier alpha value is -0.630. The normalized spacial score (nSPS) is 25.6. The van der Waals surface area contributed by atoms with Crippen LogP contribution in [0.4, 0.5) is 0 Å². The van der Waals surface area contributed by atoms with Gasteiger partial charge in [-0.25, -0.2) is 0 Å². The van der Waals surface area contributed by atoms with E-state index < -0.39 is 0 Å². The Kier molecular flexibility index (Phi) is 4.16. The van der Waals surface area contributed by atoms with Gasteiger partial charge in [-0.3, -0.25) is 0 Å². The van der Waals surface area contributed by atoms with Gasteiger partial charge in [-0.05, 0) is 43.7 Å². The molecule has 2 heteroatoms. The Balaban J connectivity index is 1.89. The smallest absolute Gasteiger partial charge is 0.129 e. The molecular weight excluding hydrogens is 216 g/mol. The van der Waals surface area contributed by atoms with Gasteiger partial charge in [0, 0.05) is 10.1 Å². The van der Waals surface area contributed by atoms with E-state index in [0.29, 0.717) is 11.0 Å². The molecule has 1 nitrogen and oxygen atoms in total. The van der Waals surface area contributed by atoms with Crippen LogP contribution in [0.25, 0.3) is 0 Å². The first-order valence-corrected chi connectivity index (χ1v) is 7.12. The van der Waals surface area contributed by atoms with Crippen LogP contribution in [0, 0.1) is 5.92 Å². The Bertz CT molecular complexity index is 329. The molecule has 1 N–H and O–H groups in total. The molecule has 0 amide bonds. The maximum absolute atomic E-state index is 9.72. The number of benzene rings is 1. The van der Waals surface area contributed by atoms with Crippen molar-refractivity contribution in [1.82, 2.24) is 0 Å². The summed E-state index contributed by atoms with van der Waals surface area (Å²) in [5.41, 5.74) is 0. The van der Waals surface area contributed by atoms with E-state index in [4.69, 9.17) is 0 Å². The van der Waals surface area contributed by atoms with Gasteiger partial charge in [0.2, 0.25) is 0 Å². The van der Waals surface area contributed by atoms with Crippen molar-refractivity contribution in [3.8, 4) is 5.75 Å². The van der Waals surface area contributed by atoms with E-state index in [9.17, 15) is 5.11 Å². The second-order valence-corrected chi connectivity index (χ2v) is 5.98. The number of phenols is 1. The highest BCUT2D eigenvalue weighted by Crippen LogP contribution is 2.39. The summed E-state index contributed by atoms with van der Waals surface area (Å²) >= 11 is 1.85. The van der Waals surface area contributed by atoms with Crippen molar-refractivity contribution < 1.29 is 5.11 Å². The summed E-state index contributed by atoms with van der Waals surface area (Å²) in [5.74, 6) is 1.38. The van der Waals surface area contributed by atoms with Crippen LogP contribution < -0.4 is 0 Å². The number of thioether (sulfide) groups is 1. The fourth-order valence-electron chi connectivity index (χ4n) is 2.39. The predicted octanol–water partition coefficient (Wildman–Crippen LogP) is 4.45. The highest BCUT2D eigenvalue weighted by Gasteiger charge is 2.21. The summed E-state index contributed by atoms with van der Waals surface area (Å²) in [6, 6.07) is 7.68. The van der Waals surface area contributed by atoms with Crippen LogP contribution in [0.2, 0.25) is 0 Å². The zero-order valence-electron chi connectivity index (χ0n) is 9.86. The van der Waals surface area contributed by atoms with Crippen molar-refractivity contribution in [1.29, 1.82) is 0 Å². The molecule has 0 bridgehead atoms. The molecule has 0 radical (unpaired) electrons. The van der Waals surface area contributed by atoms with Crippen molar-refractivity contribution in [3.05, 3.63) is 24.3 Å². The third-order valence-electron chi connectivity index (χ3n) is 3.53. The fourth-order valence-corrected chi connectivity index (χ4v) is 3.61. The predicted molar refractivity (Wildman–Crippen MR) is 70.0 cm³/mol. The number of aromatic hydroxyl groups is 1. The van der Waals surface area contributed by atoms with E-state index in [2.05, 4.69) is 6.92 Å². The van der Waals surface area contributed by atoms with Crippen LogP contribution in [0.15, 0.2) is 29.2 Å². The lowest BCUT2D eigenvalue weighted by atomic mass is 9.87. The summed E-state index contributed by atoms with van der Waals surface area (Å²) in [7, 11) is 0. The number of hydrogen-bond donors (Lipinski definition) is 1. The molecule has 0 saturated heterocycles. The van der Waals surface area contributed by atoms with E-state index in [0.717, 1.165) is 10.8 Å². The molecule has 88 valence electrons. The molecule has 1 aliphatic carbocycles. The first-order valence-electron chi connectivity index (χ1n) is 6.24. The van der Waals surface area contributed by atoms with Gasteiger partial charge in [-0.15, -0.1) is 11.8 Å². The van der Waals surface area contributed by atoms with Crippen LogP contribution in [-0.2, 0) is 0 Å². The van der Waals surface area contributed by atoms with E-state index in [1.165, 1.54) is 32.1 Å². The molecule has 0 unspecified atom stereocenters. The minimum absolute atomic E-state index is 0.435. The summed E-state index contributed by atoms with van der Waals surface area (Å²) in [5, 5.41) is 10.4. The van der Waals surface area contributed by atoms with Crippen LogP contribution in [0.5, 0.6) is 5.75 Å². The molecule has 16 heavy (non-hydrogen) atoms. The van der Waals surface area contributed by atoms with Gasteiger partial charge >= 0.3 is 0 Å². The number of para-hydroxylation sites is 1. The van der Waals surface area contributed by atoms with Crippen molar-refractivity contribution >= 4 is 11.8 Å². The molecular formula is C14H20OS. The molecule has 1 aliphatic rings. The third kappa shape index (κ3) is 2.94. The van der Waals surface area contributed by atoms with Crippen molar-refractivity contribution in [2.75, 3.05) is 0 Å². The molecule has 1 aromatic rings. The van der Waals surface area contributed by atoms with Crippen molar-refractivity contribution in [3.63, 3.8) is 0 Å². The average Bonchev–Trinajstić information content (AvgIpc) is 2.33. The van der Waals surface area contributed by atoms with E-state index >= 15 is 0 Å². The van der Waals surface area contributed by atoms with Gasteiger partial charge in [-0.2, -0.15) is 0 Å². The van der Waals surface area contributed by atoms with Crippen molar-refractivity contribution in [2.24, 2.45) is 5.92 Å². The summed E-state index contributed by atoms with van der Waals surface area (Å²) in [4.78, 5) is 1.04. The molecule has 0 aliphatic heterocycles. The van der Waals surface area contributed by atoms with Crippen molar-refractivity contribution in [2.45, 2.75) is 49.2 Å². The van der Waals surface area contributed by atoms with Gasteiger partial charge in [-0.1, -0.05) is 25.5 Å². The lowest BCUT2D eigenvalue weighted by molar-refractivity contribution is 0.356. The van der Waals surface area contributed by atoms with Gasteiger partial charge in [0.25, 0.3) is 0 Å². The second kappa shape index (κ2) is 5.62. The van der Waals surface area contributed by atoms with E-state index in [-0.39, 0.29) is 0 Å². The molecule has 0 aromatic heterocycles. The Morgan fingerprint density at radius 2 is 1.88 bits per heavy atom. The van der Waals surface area contributed by atoms with Gasteiger partial charge in [0.05, 0.1) is 0 Å². The number of phenolic OH excluding ortho intramolecular Hbond substituents is 1. The largest absolute Gasteiger partial charge is 0.507 e. The average molecular weight is 236 g/mol. The molecule has 0 atom stereocenters. The molecule has 1 saturated carbocycles. The number of hydrogen-bond acceptors (Lipinski definition) is 2. The van der Waals surface area contributed by atoms with Gasteiger partial charge in [0.15, 0.2) is 0 Å². The van der Waals surface area contributed by atoms with E-state index in [1.54, 1.807) is 6.07 Å². The first-order chi connectivity index (χ1) is 7.79. The zero-order chi connectivity index (χ0) is 11.4. The lowest BCUT2D eigenvalue weighted by Crippen LogP contribution is -2.15. The quantitative estimate of drug-likeness (QED) is 0.836. The van der Waals surface area contributed by atoms with Gasteiger partial charge < -0.3 is 5.11 Å². The number of rotatable bonds is 3. The highest BCUT2D eigenvalue weighted by molar-refractivity contribution is 8.00.